The Morgan fingerprint density at radius 1 is 0.905 bits per heavy atom. The molecule has 0 spiro atoms. The van der Waals surface area contributed by atoms with E-state index in [1.54, 1.807) is 0 Å². The molecule has 1 aromatic rings. The molecule has 21 heavy (non-hydrogen) atoms. The van der Waals surface area contributed by atoms with E-state index in [1.807, 2.05) is 13.8 Å². The molecule has 1 aliphatic heterocycles. The van der Waals surface area contributed by atoms with Gasteiger partial charge in [-0.2, -0.15) is 0 Å². The third kappa shape index (κ3) is 5.70. The standard InChI is InChI=1S/C17H27NO.C2H6/c1-14-8-9-15(2)17(16(14)3)19-13-12-18-10-6-4-5-7-11-18;1-2/h8-9H,4-7,10-13H2,1-3H3;1-2H3. The largest absolute Gasteiger partial charge is 0.492 e. The first-order valence-corrected chi connectivity index (χ1v) is 8.60. The second-order valence-electron chi connectivity index (χ2n) is 5.76. The SMILES string of the molecule is CC.Cc1ccc(C)c(OCCN2CCCCCC2)c1C. The molecule has 0 N–H and O–H groups in total. The molecule has 0 aliphatic carbocycles. The molecule has 0 saturated carbocycles. The fourth-order valence-corrected chi connectivity index (χ4v) is 2.78. The van der Waals surface area contributed by atoms with Crippen LogP contribution in [0.15, 0.2) is 12.1 Å². The molecule has 1 fully saturated rings. The van der Waals surface area contributed by atoms with Gasteiger partial charge in [-0.05, 0) is 63.4 Å². The molecule has 0 amide bonds. The normalized spacial score (nSPS) is 15.9. The van der Waals surface area contributed by atoms with E-state index in [4.69, 9.17) is 4.74 Å². The molecule has 120 valence electrons. The van der Waals surface area contributed by atoms with Gasteiger partial charge in [0.05, 0.1) is 0 Å². The number of aryl methyl sites for hydroxylation is 2. The van der Waals surface area contributed by atoms with Gasteiger partial charge in [-0.25, -0.2) is 0 Å². The van der Waals surface area contributed by atoms with Gasteiger partial charge in [0.25, 0.3) is 0 Å². The van der Waals surface area contributed by atoms with E-state index in [2.05, 4.69) is 37.8 Å². The van der Waals surface area contributed by atoms with E-state index in [0.717, 1.165) is 18.9 Å². The van der Waals surface area contributed by atoms with Crippen molar-refractivity contribution in [2.45, 2.75) is 60.3 Å². The summed E-state index contributed by atoms with van der Waals surface area (Å²) < 4.78 is 6.05. The molecular weight excluding hydrogens is 258 g/mol. The summed E-state index contributed by atoms with van der Waals surface area (Å²) in [4.78, 5) is 2.55. The first-order chi connectivity index (χ1) is 10.2. The van der Waals surface area contributed by atoms with E-state index >= 15 is 0 Å². The van der Waals surface area contributed by atoms with Gasteiger partial charge in [0.2, 0.25) is 0 Å². The molecule has 1 saturated heterocycles. The van der Waals surface area contributed by atoms with Gasteiger partial charge in [-0.1, -0.05) is 38.8 Å². The van der Waals surface area contributed by atoms with Crippen molar-refractivity contribution in [1.29, 1.82) is 0 Å². The highest BCUT2D eigenvalue weighted by molar-refractivity contribution is 5.44. The number of ether oxygens (including phenoxy) is 1. The summed E-state index contributed by atoms with van der Waals surface area (Å²) in [6.07, 6.45) is 5.49. The van der Waals surface area contributed by atoms with Crippen LogP contribution in [0, 0.1) is 20.8 Å². The van der Waals surface area contributed by atoms with Crippen molar-refractivity contribution in [3.05, 3.63) is 28.8 Å². The highest BCUT2D eigenvalue weighted by atomic mass is 16.5. The smallest absolute Gasteiger partial charge is 0.125 e. The summed E-state index contributed by atoms with van der Waals surface area (Å²) in [5.74, 6) is 1.09. The van der Waals surface area contributed by atoms with Crippen molar-refractivity contribution in [3.8, 4) is 5.75 Å². The van der Waals surface area contributed by atoms with E-state index in [-0.39, 0.29) is 0 Å². The first kappa shape index (κ1) is 18.0. The quantitative estimate of drug-likeness (QED) is 0.783. The van der Waals surface area contributed by atoms with Crippen LogP contribution in [0.2, 0.25) is 0 Å². The Labute approximate surface area is 131 Å². The average molecular weight is 291 g/mol. The Kier molecular flexibility index (Phi) is 8.44. The Morgan fingerprint density at radius 3 is 2.10 bits per heavy atom. The molecule has 2 nitrogen and oxygen atoms in total. The number of likely N-dealkylation sites (tertiary alicyclic amines) is 1. The Bertz CT molecular complexity index is 406. The fourth-order valence-electron chi connectivity index (χ4n) is 2.78. The molecule has 1 heterocycles. The molecule has 1 aliphatic rings. The Balaban J connectivity index is 0.00000106. The van der Waals surface area contributed by atoms with Gasteiger partial charge < -0.3 is 4.74 Å². The van der Waals surface area contributed by atoms with Crippen molar-refractivity contribution in [3.63, 3.8) is 0 Å². The van der Waals surface area contributed by atoms with Gasteiger partial charge >= 0.3 is 0 Å². The fraction of sp³-hybridized carbons (Fsp3) is 0.684. The Hall–Kier alpha value is -1.02. The van der Waals surface area contributed by atoms with Crippen molar-refractivity contribution >= 4 is 0 Å². The third-order valence-electron chi connectivity index (χ3n) is 4.23. The molecule has 2 heteroatoms. The minimum atomic E-state index is 0.811. The zero-order chi connectivity index (χ0) is 15.7. The summed E-state index contributed by atoms with van der Waals surface area (Å²) in [5.41, 5.74) is 3.85. The van der Waals surface area contributed by atoms with Gasteiger partial charge in [0.15, 0.2) is 0 Å². The highest BCUT2D eigenvalue weighted by Gasteiger charge is 2.10. The number of benzene rings is 1. The predicted molar refractivity (Wildman–Crippen MR) is 92.4 cm³/mol. The minimum Gasteiger partial charge on any atom is -0.492 e. The maximum absolute atomic E-state index is 6.05. The molecule has 0 aromatic heterocycles. The van der Waals surface area contributed by atoms with Gasteiger partial charge in [-0.3, -0.25) is 4.90 Å². The maximum atomic E-state index is 6.05. The summed E-state index contributed by atoms with van der Waals surface area (Å²) in [6, 6.07) is 4.33. The van der Waals surface area contributed by atoms with Crippen LogP contribution in [0.5, 0.6) is 5.75 Å². The van der Waals surface area contributed by atoms with Crippen LogP contribution in [0.4, 0.5) is 0 Å². The van der Waals surface area contributed by atoms with Crippen LogP contribution in [-0.4, -0.2) is 31.1 Å². The average Bonchev–Trinajstić information content (AvgIpc) is 2.77. The van der Waals surface area contributed by atoms with Crippen molar-refractivity contribution < 1.29 is 4.74 Å². The molecular formula is C19H33NO. The maximum Gasteiger partial charge on any atom is 0.125 e. The number of hydrogen-bond donors (Lipinski definition) is 0. The van der Waals surface area contributed by atoms with Gasteiger partial charge in [0, 0.05) is 6.54 Å². The van der Waals surface area contributed by atoms with Gasteiger partial charge in [-0.15, -0.1) is 0 Å². The number of rotatable bonds is 4. The van der Waals surface area contributed by atoms with Crippen LogP contribution in [0.1, 0.15) is 56.2 Å². The summed E-state index contributed by atoms with van der Waals surface area (Å²) in [7, 11) is 0. The van der Waals surface area contributed by atoms with Crippen LogP contribution in [0.3, 0.4) is 0 Å². The Morgan fingerprint density at radius 2 is 1.48 bits per heavy atom. The molecule has 0 unspecified atom stereocenters. The van der Waals surface area contributed by atoms with E-state index < -0.39 is 0 Å². The number of nitrogens with zero attached hydrogens (tertiary/aromatic N) is 1. The van der Waals surface area contributed by atoms with E-state index in [0.29, 0.717) is 0 Å². The van der Waals surface area contributed by atoms with Crippen LogP contribution in [0.25, 0.3) is 0 Å². The minimum absolute atomic E-state index is 0.811. The molecule has 0 radical (unpaired) electrons. The lowest BCUT2D eigenvalue weighted by molar-refractivity contribution is 0.212. The summed E-state index contributed by atoms with van der Waals surface area (Å²) in [5, 5.41) is 0. The lowest BCUT2D eigenvalue weighted by atomic mass is 10.1. The van der Waals surface area contributed by atoms with Crippen molar-refractivity contribution in [2.75, 3.05) is 26.2 Å². The zero-order valence-electron chi connectivity index (χ0n) is 14.7. The molecule has 1 aromatic carbocycles. The van der Waals surface area contributed by atoms with Crippen LogP contribution in [-0.2, 0) is 0 Å². The topological polar surface area (TPSA) is 12.5 Å². The second-order valence-corrected chi connectivity index (χ2v) is 5.76. The molecule has 2 rings (SSSR count). The summed E-state index contributed by atoms with van der Waals surface area (Å²) >= 11 is 0. The lowest BCUT2D eigenvalue weighted by Gasteiger charge is -2.21. The van der Waals surface area contributed by atoms with Crippen molar-refractivity contribution in [1.82, 2.24) is 4.90 Å². The summed E-state index contributed by atoms with van der Waals surface area (Å²) in [6.45, 7) is 14.8. The van der Waals surface area contributed by atoms with Crippen LogP contribution < -0.4 is 4.74 Å². The van der Waals surface area contributed by atoms with Crippen LogP contribution >= 0.6 is 0 Å². The van der Waals surface area contributed by atoms with Crippen molar-refractivity contribution in [2.24, 2.45) is 0 Å². The molecule has 0 atom stereocenters. The van der Waals surface area contributed by atoms with E-state index in [1.165, 1.54) is 55.5 Å². The predicted octanol–water partition coefficient (Wildman–Crippen LogP) is 4.89. The lowest BCUT2D eigenvalue weighted by Crippen LogP contribution is -2.29. The molecule has 0 bridgehead atoms. The first-order valence-electron chi connectivity index (χ1n) is 8.60. The second kappa shape index (κ2) is 9.83. The van der Waals surface area contributed by atoms with Gasteiger partial charge in [0.1, 0.15) is 12.4 Å². The highest BCUT2D eigenvalue weighted by Crippen LogP contribution is 2.25. The third-order valence-corrected chi connectivity index (χ3v) is 4.23. The zero-order valence-corrected chi connectivity index (χ0v) is 14.7. The monoisotopic (exact) mass is 291 g/mol. The van der Waals surface area contributed by atoms with E-state index in [9.17, 15) is 0 Å². The number of hydrogen-bond acceptors (Lipinski definition) is 2.